The molecule has 0 aliphatic heterocycles. The number of nitrogens with zero attached hydrogens (tertiary/aromatic N) is 2. The number of aromatic nitrogens is 1. The smallest absolute Gasteiger partial charge is 0.191 e. The van der Waals surface area contributed by atoms with Gasteiger partial charge >= 0.3 is 0 Å². The van der Waals surface area contributed by atoms with Crippen molar-refractivity contribution >= 4 is 29.9 Å². The van der Waals surface area contributed by atoms with E-state index in [4.69, 9.17) is 4.52 Å². The molecule has 0 spiro atoms. The highest BCUT2D eigenvalue weighted by atomic mass is 127. The van der Waals surface area contributed by atoms with Crippen molar-refractivity contribution < 1.29 is 4.52 Å². The summed E-state index contributed by atoms with van der Waals surface area (Å²) in [5, 5.41) is 11.0. The van der Waals surface area contributed by atoms with Crippen molar-refractivity contribution in [1.29, 1.82) is 0 Å². The molecule has 0 bridgehead atoms. The fourth-order valence-corrected chi connectivity index (χ4v) is 3.56. The molecule has 1 aliphatic rings. The summed E-state index contributed by atoms with van der Waals surface area (Å²) in [4.78, 5) is 4.36. The fourth-order valence-electron chi connectivity index (χ4n) is 3.56. The Labute approximate surface area is 163 Å². The molecule has 0 aromatic carbocycles. The molecule has 5 nitrogen and oxygen atoms in total. The van der Waals surface area contributed by atoms with Gasteiger partial charge in [-0.1, -0.05) is 24.9 Å². The van der Waals surface area contributed by atoms with Crippen LogP contribution in [0.5, 0.6) is 0 Å². The topological polar surface area (TPSA) is 62.5 Å². The first-order valence-electron chi connectivity index (χ1n) is 9.03. The van der Waals surface area contributed by atoms with E-state index >= 15 is 0 Å². The lowest BCUT2D eigenvalue weighted by Gasteiger charge is -2.30. The number of aliphatic imine (C=N–C) groups is 1. The Morgan fingerprint density at radius 3 is 2.50 bits per heavy atom. The molecule has 1 saturated carbocycles. The van der Waals surface area contributed by atoms with E-state index in [1.54, 1.807) is 0 Å². The van der Waals surface area contributed by atoms with Crippen molar-refractivity contribution in [3.05, 3.63) is 17.0 Å². The average molecular weight is 448 g/mol. The van der Waals surface area contributed by atoms with E-state index in [0.717, 1.165) is 36.3 Å². The van der Waals surface area contributed by atoms with Crippen molar-refractivity contribution in [2.75, 3.05) is 13.6 Å². The molecule has 1 aliphatic carbocycles. The normalized spacial score (nSPS) is 21.2. The average Bonchev–Trinajstić information content (AvgIpc) is 2.87. The van der Waals surface area contributed by atoms with E-state index in [0.29, 0.717) is 6.04 Å². The minimum absolute atomic E-state index is 0. The van der Waals surface area contributed by atoms with Crippen LogP contribution in [0.3, 0.4) is 0 Å². The molecule has 24 heavy (non-hydrogen) atoms. The lowest BCUT2D eigenvalue weighted by Crippen LogP contribution is -2.45. The second-order valence-corrected chi connectivity index (χ2v) is 6.70. The summed E-state index contributed by atoms with van der Waals surface area (Å²) in [5.74, 6) is 2.77. The van der Waals surface area contributed by atoms with Crippen molar-refractivity contribution in [1.82, 2.24) is 15.8 Å². The second kappa shape index (κ2) is 10.9. The molecule has 0 unspecified atom stereocenters. The molecular weight excluding hydrogens is 415 g/mol. The number of rotatable bonds is 6. The quantitative estimate of drug-likeness (QED) is 0.393. The molecule has 0 atom stereocenters. The molecule has 0 amide bonds. The molecule has 138 valence electrons. The van der Waals surface area contributed by atoms with E-state index in [1.165, 1.54) is 44.1 Å². The van der Waals surface area contributed by atoms with Gasteiger partial charge in [-0.2, -0.15) is 0 Å². The fraction of sp³-hybridized carbons (Fsp3) is 0.778. The standard InChI is InChI=1S/C18H32N4O.HI/c1-5-6-15-7-9-16(10-8-15)21-18(19-4)20-12-11-17-13(2)22-23-14(17)3;/h15-16H,5-12H2,1-4H3,(H2,19,20,21);1H. The van der Waals surface area contributed by atoms with Crippen LogP contribution < -0.4 is 10.6 Å². The van der Waals surface area contributed by atoms with Crippen LogP contribution in [-0.2, 0) is 6.42 Å². The van der Waals surface area contributed by atoms with Crippen LogP contribution in [0.25, 0.3) is 0 Å². The van der Waals surface area contributed by atoms with Crippen molar-refractivity contribution in [3.8, 4) is 0 Å². The van der Waals surface area contributed by atoms with Crippen LogP contribution in [0.15, 0.2) is 9.52 Å². The van der Waals surface area contributed by atoms with Gasteiger partial charge in [-0.3, -0.25) is 4.99 Å². The van der Waals surface area contributed by atoms with Crippen molar-refractivity contribution in [2.24, 2.45) is 10.9 Å². The largest absolute Gasteiger partial charge is 0.361 e. The predicted octanol–water partition coefficient (Wildman–Crippen LogP) is 3.98. The molecule has 1 fully saturated rings. The molecule has 2 rings (SSSR count). The maximum absolute atomic E-state index is 5.21. The lowest BCUT2D eigenvalue weighted by molar-refractivity contribution is 0.295. The number of hydrogen-bond acceptors (Lipinski definition) is 3. The number of nitrogens with one attached hydrogen (secondary N) is 2. The van der Waals surface area contributed by atoms with Gasteiger partial charge in [0, 0.05) is 25.2 Å². The molecule has 1 aromatic rings. The number of halogens is 1. The summed E-state index contributed by atoms with van der Waals surface area (Å²) in [7, 11) is 1.84. The highest BCUT2D eigenvalue weighted by molar-refractivity contribution is 14.0. The second-order valence-electron chi connectivity index (χ2n) is 6.70. The Hall–Kier alpha value is -0.790. The monoisotopic (exact) mass is 448 g/mol. The van der Waals surface area contributed by atoms with E-state index in [9.17, 15) is 0 Å². The molecule has 6 heteroatoms. The third-order valence-electron chi connectivity index (χ3n) is 4.96. The predicted molar refractivity (Wildman–Crippen MR) is 110 cm³/mol. The summed E-state index contributed by atoms with van der Waals surface area (Å²) < 4.78 is 5.21. The van der Waals surface area contributed by atoms with Gasteiger partial charge in [0.1, 0.15) is 5.76 Å². The first kappa shape index (κ1) is 21.3. The van der Waals surface area contributed by atoms with Gasteiger partial charge in [-0.05, 0) is 51.9 Å². The van der Waals surface area contributed by atoms with Crippen molar-refractivity contribution in [2.45, 2.75) is 71.8 Å². The van der Waals surface area contributed by atoms with Gasteiger partial charge in [0.05, 0.1) is 5.69 Å². The Balaban J connectivity index is 0.00000288. The molecule has 1 aromatic heterocycles. The zero-order valence-corrected chi connectivity index (χ0v) is 17.9. The number of guanidine groups is 1. The van der Waals surface area contributed by atoms with Crippen molar-refractivity contribution in [3.63, 3.8) is 0 Å². The summed E-state index contributed by atoms with van der Waals surface area (Å²) in [6.45, 7) is 7.09. The number of aryl methyl sites for hydroxylation is 2. The highest BCUT2D eigenvalue weighted by Crippen LogP contribution is 2.27. The van der Waals surface area contributed by atoms with Gasteiger partial charge in [-0.15, -0.1) is 24.0 Å². The summed E-state index contributed by atoms with van der Waals surface area (Å²) in [5.41, 5.74) is 2.19. The van der Waals surface area contributed by atoms with Crippen LogP contribution in [0, 0.1) is 19.8 Å². The van der Waals surface area contributed by atoms with Gasteiger partial charge in [-0.25, -0.2) is 0 Å². The van der Waals surface area contributed by atoms with E-state index < -0.39 is 0 Å². The van der Waals surface area contributed by atoms with Gasteiger partial charge < -0.3 is 15.2 Å². The van der Waals surface area contributed by atoms with Gasteiger partial charge in [0.15, 0.2) is 5.96 Å². The minimum atomic E-state index is 0. The maximum atomic E-state index is 5.21. The van der Waals surface area contributed by atoms with E-state index in [-0.39, 0.29) is 24.0 Å². The van der Waals surface area contributed by atoms with Crippen LogP contribution in [-0.4, -0.2) is 30.8 Å². The summed E-state index contributed by atoms with van der Waals surface area (Å²) in [6.07, 6.45) is 8.82. The van der Waals surface area contributed by atoms with Crippen LogP contribution >= 0.6 is 24.0 Å². The molecule has 0 radical (unpaired) electrons. The SMILES string of the molecule is CCCC1CCC(NC(=NC)NCCc2c(C)noc2C)CC1.I. The van der Waals surface area contributed by atoms with Gasteiger partial charge in [0.2, 0.25) is 0 Å². The summed E-state index contributed by atoms with van der Waals surface area (Å²) >= 11 is 0. The van der Waals surface area contributed by atoms with Gasteiger partial charge in [0.25, 0.3) is 0 Å². The third kappa shape index (κ3) is 6.26. The molecule has 0 saturated heterocycles. The maximum Gasteiger partial charge on any atom is 0.191 e. The van der Waals surface area contributed by atoms with Crippen LogP contribution in [0.2, 0.25) is 0 Å². The molecular formula is C18H33IN4O. The Bertz CT molecular complexity index is 488. The highest BCUT2D eigenvalue weighted by Gasteiger charge is 2.21. The Kier molecular flexibility index (Phi) is 9.69. The zero-order chi connectivity index (χ0) is 16.7. The minimum Gasteiger partial charge on any atom is -0.361 e. The molecule has 1 heterocycles. The first-order chi connectivity index (χ1) is 11.1. The third-order valence-corrected chi connectivity index (χ3v) is 4.96. The van der Waals surface area contributed by atoms with Crippen LogP contribution in [0.4, 0.5) is 0 Å². The van der Waals surface area contributed by atoms with Crippen LogP contribution in [0.1, 0.15) is 62.5 Å². The molecule has 2 N–H and O–H groups in total. The lowest BCUT2D eigenvalue weighted by atomic mass is 9.83. The van der Waals surface area contributed by atoms with E-state index in [2.05, 4.69) is 27.7 Å². The van der Waals surface area contributed by atoms with E-state index in [1.807, 2.05) is 20.9 Å². The first-order valence-corrected chi connectivity index (χ1v) is 9.03. The number of hydrogen-bond donors (Lipinski definition) is 2. The Morgan fingerprint density at radius 1 is 1.25 bits per heavy atom. The summed E-state index contributed by atoms with van der Waals surface area (Å²) in [6, 6.07) is 0.563. The zero-order valence-electron chi connectivity index (χ0n) is 15.5. The Morgan fingerprint density at radius 2 is 1.96 bits per heavy atom.